The zero-order valence-corrected chi connectivity index (χ0v) is 10.9. The molecular formula is C16H13BS. The van der Waals surface area contributed by atoms with E-state index < -0.39 is 0 Å². The smallest absolute Gasteiger partial charge is 0.113 e. The first-order valence-electron chi connectivity index (χ1n) is 6.16. The van der Waals surface area contributed by atoms with Crippen LogP contribution in [0.25, 0.3) is 16.0 Å². The minimum atomic E-state index is 0.813. The molecule has 0 bridgehead atoms. The first kappa shape index (κ1) is 11.5. The molecule has 0 atom stereocenters. The molecule has 86 valence electrons. The van der Waals surface area contributed by atoms with Crippen molar-refractivity contribution in [2.75, 3.05) is 0 Å². The standard InChI is InChI=1S/C16H13BS/c17-14-8-6-13(7-9-14)16-11-10-15(18-16)12-4-2-1-3-5-12/h2,4-11H,1,3H2. The van der Waals surface area contributed by atoms with Crippen molar-refractivity contribution in [1.29, 1.82) is 0 Å². The highest BCUT2D eigenvalue weighted by atomic mass is 32.1. The van der Waals surface area contributed by atoms with Gasteiger partial charge >= 0.3 is 0 Å². The van der Waals surface area contributed by atoms with Gasteiger partial charge in [0.25, 0.3) is 0 Å². The lowest BCUT2D eigenvalue weighted by atomic mass is 9.95. The Morgan fingerprint density at radius 3 is 2.39 bits per heavy atom. The van der Waals surface area contributed by atoms with Crippen LogP contribution in [-0.4, -0.2) is 7.85 Å². The van der Waals surface area contributed by atoms with Crippen LogP contribution >= 0.6 is 11.3 Å². The minimum Gasteiger partial charge on any atom is -0.135 e. The van der Waals surface area contributed by atoms with Gasteiger partial charge in [-0.2, -0.15) is 0 Å². The summed E-state index contributed by atoms with van der Waals surface area (Å²) >= 11 is 1.84. The van der Waals surface area contributed by atoms with Crippen LogP contribution in [0.1, 0.15) is 17.7 Å². The van der Waals surface area contributed by atoms with E-state index in [1.807, 2.05) is 23.5 Å². The molecule has 0 unspecified atom stereocenters. The molecule has 18 heavy (non-hydrogen) atoms. The Kier molecular flexibility index (Phi) is 3.20. The summed E-state index contributed by atoms with van der Waals surface area (Å²) in [7, 11) is 5.71. The number of benzene rings is 1. The van der Waals surface area contributed by atoms with E-state index in [0.717, 1.165) is 11.9 Å². The molecule has 1 heterocycles. The molecule has 2 heteroatoms. The SMILES string of the molecule is [B]c1ccc(-c2ccc(C3=CCCC=C3)s2)cc1. The van der Waals surface area contributed by atoms with Gasteiger partial charge in [0.1, 0.15) is 7.85 Å². The molecule has 0 nitrogen and oxygen atoms in total. The topological polar surface area (TPSA) is 0 Å². The molecule has 0 N–H and O–H groups in total. The van der Waals surface area contributed by atoms with Crippen LogP contribution in [-0.2, 0) is 0 Å². The van der Waals surface area contributed by atoms with Gasteiger partial charge < -0.3 is 0 Å². The van der Waals surface area contributed by atoms with Crippen LogP contribution in [0, 0.1) is 0 Å². The van der Waals surface area contributed by atoms with Crippen molar-refractivity contribution in [3.05, 3.63) is 59.5 Å². The Morgan fingerprint density at radius 1 is 0.889 bits per heavy atom. The number of hydrogen-bond acceptors (Lipinski definition) is 1. The third-order valence-electron chi connectivity index (χ3n) is 3.08. The third-order valence-corrected chi connectivity index (χ3v) is 4.26. The van der Waals surface area contributed by atoms with Crippen LogP contribution in [0.2, 0.25) is 0 Å². The fourth-order valence-electron chi connectivity index (χ4n) is 2.09. The van der Waals surface area contributed by atoms with Crippen LogP contribution in [0.3, 0.4) is 0 Å². The molecule has 0 aliphatic heterocycles. The molecule has 0 fully saturated rings. The molecule has 2 aromatic rings. The Morgan fingerprint density at radius 2 is 1.67 bits per heavy atom. The highest BCUT2D eigenvalue weighted by Crippen LogP contribution is 2.33. The predicted octanol–water partition coefficient (Wildman–Crippen LogP) is 3.94. The lowest BCUT2D eigenvalue weighted by Crippen LogP contribution is -1.98. The van der Waals surface area contributed by atoms with Crippen LogP contribution in [0.15, 0.2) is 54.6 Å². The van der Waals surface area contributed by atoms with Crippen molar-refractivity contribution in [1.82, 2.24) is 0 Å². The van der Waals surface area contributed by atoms with Crippen molar-refractivity contribution >= 4 is 30.2 Å². The van der Waals surface area contributed by atoms with Crippen molar-refractivity contribution in [3.8, 4) is 10.4 Å². The van der Waals surface area contributed by atoms with E-state index in [-0.39, 0.29) is 0 Å². The van der Waals surface area contributed by atoms with E-state index >= 15 is 0 Å². The zero-order valence-electron chi connectivity index (χ0n) is 10.1. The van der Waals surface area contributed by atoms with Crippen LogP contribution < -0.4 is 5.46 Å². The van der Waals surface area contributed by atoms with Crippen molar-refractivity contribution in [2.45, 2.75) is 12.8 Å². The summed E-state index contributed by atoms with van der Waals surface area (Å²) in [5, 5.41) is 0. The Bertz CT molecular complexity index is 602. The fourth-order valence-corrected chi connectivity index (χ4v) is 3.12. The molecule has 1 aliphatic rings. The van der Waals surface area contributed by atoms with Crippen molar-refractivity contribution < 1.29 is 0 Å². The van der Waals surface area contributed by atoms with E-state index in [4.69, 9.17) is 7.85 Å². The van der Waals surface area contributed by atoms with E-state index in [1.54, 1.807) is 0 Å². The first-order chi connectivity index (χ1) is 8.83. The molecule has 1 aromatic carbocycles. The fraction of sp³-hybridized carbons (Fsp3) is 0.125. The lowest BCUT2D eigenvalue weighted by Gasteiger charge is -2.03. The normalized spacial score (nSPS) is 14.6. The van der Waals surface area contributed by atoms with Gasteiger partial charge in [0.05, 0.1) is 0 Å². The summed E-state index contributed by atoms with van der Waals surface area (Å²) in [6.45, 7) is 0. The minimum absolute atomic E-state index is 0.813. The largest absolute Gasteiger partial charge is 0.135 e. The van der Waals surface area contributed by atoms with Gasteiger partial charge in [-0.3, -0.25) is 0 Å². The van der Waals surface area contributed by atoms with Crippen LogP contribution in [0.5, 0.6) is 0 Å². The second-order valence-electron chi connectivity index (χ2n) is 4.43. The molecule has 0 saturated carbocycles. The molecule has 1 aromatic heterocycles. The molecule has 3 rings (SSSR count). The van der Waals surface area contributed by atoms with E-state index in [9.17, 15) is 0 Å². The van der Waals surface area contributed by atoms with Crippen molar-refractivity contribution in [2.24, 2.45) is 0 Å². The Hall–Kier alpha value is -1.54. The summed E-state index contributed by atoms with van der Waals surface area (Å²) in [5.41, 5.74) is 3.40. The van der Waals surface area contributed by atoms with Gasteiger partial charge in [0.15, 0.2) is 0 Å². The molecule has 1 aliphatic carbocycles. The van der Waals surface area contributed by atoms with Crippen molar-refractivity contribution in [3.63, 3.8) is 0 Å². The number of thiophene rings is 1. The average molecular weight is 248 g/mol. The molecule has 0 spiro atoms. The summed E-state index contributed by atoms with van der Waals surface area (Å²) in [6.07, 6.45) is 9.11. The lowest BCUT2D eigenvalue weighted by molar-refractivity contribution is 1.04. The maximum absolute atomic E-state index is 5.71. The molecule has 2 radical (unpaired) electrons. The number of hydrogen-bond donors (Lipinski definition) is 0. The second-order valence-corrected chi connectivity index (χ2v) is 5.51. The quantitative estimate of drug-likeness (QED) is 0.706. The third kappa shape index (κ3) is 2.34. The second kappa shape index (κ2) is 4.99. The van der Waals surface area contributed by atoms with E-state index in [2.05, 4.69) is 42.5 Å². The Labute approximate surface area is 113 Å². The van der Waals surface area contributed by atoms with Gasteiger partial charge in [0, 0.05) is 9.75 Å². The summed E-state index contributed by atoms with van der Waals surface area (Å²) < 4.78 is 0. The Balaban J connectivity index is 1.91. The number of rotatable bonds is 2. The maximum Gasteiger partial charge on any atom is 0.113 e. The molecule has 0 amide bonds. The molecular weight excluding hydrogens is 235 g/mol. The van der Waals surface area contributed by atoms with E-state index in [1.165, 1.54) is 27.3 Å². The first-order valence-corrected chi connectivity index (χ1v) is 6.97. The summed E-state index contributed by atoms with van der Waals surface area (Å²) in [5.74, 6) is 0. The zero-order chi connectivity index (χ0) is 12.4. The van der Waals surface area contributed by atoms with Gasteiger partial charge in [-0.05, 0) is 36.1 Å². The van der Waals surface area contributed by atoms with E-state index in [0.29, 0.717) is 0 Å². The highest BCUT2D eigenvalue weighted by Gasteiger charge is 2.06. The van der Waals surface area contributed by atoms with Gasteiger partial charge in [0.2, 0.25) is 0 Å². The predicted molar refractivity (Wildman–Crippen MR) is 81.5 cm³/mol. The highest BCUT2D eigenvalue weighted by molar-refractivity contribution is 7.16. The summed E-state index contributed by atoms with van der Waals surface area (Å²) in [6, 6.07) is 12.5. The van der Waals surface area contributed by atoms with Gasteiger partial charge in [-0.15, -0.1) is 11.3 Å². The average Bonchev–Trinajstić information content (AvgIpc) is 2.90. The maximum atomic E-state index is 5.71. The molecule has 0 saturated heterocycles. The summed E-state index contributed by atoms with van der Waals surface area (Å²) in [4.78, 5) is 2.64. The number of allylic oxidation sites excluding steroid dienone is 4. The van der Waals surface area contributed by atoms with Crippen LogP contribution in [0.4, 0.5) is 0 Å². The van der Waals surface area contributed by atoms with Gasteiger partial charge in [-0.1, -0.05) is 48.0 Å². The van der Waals surface area contributed by atoms with Gasteiger partial charge in [-0.25, -0.2) is 0 Å². The monoisotopic (exact) mass is 248 g/mol.